The summed E-state index contributed by atoms with van der Waals surface area (Å²) < 4.78 is 0. The fourth-order valence-corrected chi connectivity index (χ4v) is 3.77. The molecule has 0 radical (unpaired) electrons. The number of carbonyl (C=O) groups is 1. The second kappa shape index (κ2) is 4.03. The van der Waals surface area contributed by atoms with Crippen molar-refractivity contribution in [3.63, 3.8) is 0 Å². The molecule has 1 aromatic rings. The van der Waals surface area contributed by atoms with Gasteiger partial charge in [0, 0.05) is 11.3 Å². The summed E-state index contributed by atoms with van der Waals surface area (Å²) in [5.41, 5.74) is 1.91. The maximum absolute atomic E-state index is 12.6. The van der Waals surface area contributed by atoms with Gasteiger partial charge in [0.15, 0.2) is 5.78 Å². The molecule has 2 heteroatoms. The van der Waals surface area contributed by atoms with Gasteiger partial charge in [0.05, 0.1) is 12.3 Å². The van der Waals surface area contributed by atoms with Gasteiger partial charge in [-0.2, -0.15) is 0 Å². The smallest absolute Gasteiger partial charge is 0.183 e. The Bertz CT molecular complexity index is 544. The van der Waals surface area contributed by atoms with Crippen LogP contribution in [0.5, 0.6) is 0 Å². The van der Waals surface area contributed by atoms with Gasteiger partial charge in [-0.25, -0.2) is 0 Å². The zero-order valence-corrected chi connectivity index (χ0v) is 11.9. The Morgan fingerprint density at radius 2 is 1.89 bits per heavy atom. The maximum atomic E-state index is 12.6. The van der Waals surface area contributed by atoms with Crippen molar-refractivity contribution >= 4 is 11.5 Å². The van der Waals surface area contributed by atoms with Gasteiger partial charge in [0.1, 0.15) is 0 Å². The summed E-state index contributed by atoms with van der Waals surface area (Å²) in [6, 6.07) is 10.2. The molecule has 0 amide bonds. The number of carbonyl (C=O) groups excluding carboxylic acids is 1. The van der Waals surface area contributed by atoms with Crippen LogP contribution in [0, 0.1) is 16.7 Å². The second-order valence-electron chi connectivity index (χ2n) is 6.66. The van der Waals surface area contributed by atoms with Gasteiger partial charge >= 0.3 is 0 Å². The minimum Gasteiger partial charge on any atom is -0.292 e. The van der Waals surface area contributed by atoms with E-state index in [0.29, 0.717) is 18.2 Å². The lowest BCUT2D eigenvalue weighted by Gasteiger charge is -2.31. The molecule has 0 aromatic heterocycles. The number of aliphatic imine (C=N–C) groups is 1. The first kappa shape index (κ1) is 12.6. The first-order chi connectivity index (χ1) is 8.97. The molecular formula is C17H21NO. The molecular weight excluding hydrogens is 234 g/mol. The van der Waals surface area contributed by atoms with Crippen molar-refractivity contribution in [2.24, 2.45) is 21.7 Å². The summed E-state index contributed by atoms with van der Waals surface area (Å²) in [6.07, 6.45) is 2.14. The molecule has 19 heavy (non-hydrogen) atoms. The Balaban J connectivity index is 1.89. The number of Topliss-reactive ketones (excluding diaryl/α,β-unsaturated/α-hetero) is 1. The molecule has 0 saturated heterocycles. The number of fused-ring (bicyclic) bond motifs is 2. The number of hydrogen-bond acceptors (Lipinski definition) is 2. The second-order valence-corrected chi connectivity index (χ2v) is 6.66. The van der Waals surface area contributed by atoms with Gasteiger partial charge in [0.2, 0.25) is 0 Å². The van der Waals surface area contributed by atoms with E-state index in [0.717, 1.165) is 18.6 Å². The van der Waals surface area contributed by atoms with Crippen LogP contribution in [-0.2, 0) is 11.3 Å². The topological polar surface area (TPSA) is 29.4 Å². The van der Waals surface area contributed by atoms with Crippen molar-refractivity contribution in [3.8, 4) is 0 Å². The van der Waals surface area contributed by atoms with Crippen molar-refractivity contribution in [1.29, 1.82) is 0 Å². The van der Waals surface area contributed by atoms with E-state index in [1.807, 2.05) is 18.2 Å². The van der Waals surface area contributed by atoms with Crippen LogP contribution in [0.25, 0.3) is 0 Å². The molecule has 2 saturated carbocycles. The Labute approximate surface area is 114 Å². The van der Waals surface area contributed by atoms with Gasteiger partial charge in [-0.15, -0.1) is 0 Å². The zero-order valence-electron chi connectivity index (χ0n) is 11.9. The molecule has 0 N–H and O–H groups in total. The van der Waals surface area contributed by atoms with Crippen LogP contribution < -0.4 is 0 Å². The van der Waals surface area contributed by atoms with Crippen LogP contribution in [-0.4, -0.2) is 11.5 Å². The van der Waals surface area contributed by atoms with Gasteiger partial charge < -0.3 is 0 Å². The third kappa shape index (κ3) is 1.62. The molecule has 2 aliphatic carbocycles. The van der Waals surface area contributed by atoms with Crippen molar-refractivity contribution in [2.45, 2.75) is 40.2 Å². The fraction of sp³-hybridized carbons (Fsp3) is 0.529. The maximum Gasteiger partial charge on any atom is 0.183 e. The standard InChI is InChI=1S/C17H21NO/c1-16(2)13-9-10-17(16,3)15(19)14(13)18-11-12-7-5-4-6-8-12/h4-8,13H,9-11H2,1-3H3/t13-,17-/m1/s1. The monoisotopic (exact) mass is 255 g/mol. The van der Waals surface area contributed by atoms with Gasteiger partial charge in [-0.3, -0.25) is 9.79 Å². The fourth-order valence-electron chi connectivity index (χ4n) is 3.77. The van der Waals surface area contributed by atoms with Gasteiger partial charge in [-0.1, -0.05) is 51.1 Å². The van der Waals surface area contributed by atoms with E-state index in [1.165, 1.54) is 5.56 Å². The van der Waals surface area contributed by atoms with E-state index in [2.05, 4.69) is 37.9 Å². The zero-order chi connectivity index (χ0) is 13.7. The van der Waals surface area contributed by atoms with Gasteiger partial charge in [-0.05, 0) is 23.8 Å². The number of ketones is 1. The van der Waals surface area contributed by atoms with Crippen LogP contribution in [0.1, 0.15) is 39.2 Å². The first-order valence-electron chi connectivity index (χ1n) is 7.10. The third-order valence-corrected chi connectivity index (χ3v) is 5.56. The quantitative estimate of drug-likeness (QED) is 0.793. The largest absolute Gasteiger partial charge is 0.292 e. The van der Waals surface area contributed by atoms with E-state index in [1.54, 1.807) is 0 Å². The van der Waals surface area contributed by atoms with Crippen LogP contribution >= 0.6 is 0 Å². The van der Waals surface area contributed by atoms with Crippen molar-refractivity contribution in [3.05, 3.63) is 35.9 Å². The third-order valence-electron chi connectivity index (χ3n) is 5.56. The molecule has 100 valence electrons. The highest BCUT2D eigenvalue weighted by Gasteiger charge is 2.64. The van der Waals surface area contributed by atoms with E-state index in [-0.39, 0.29) is 10.8 Å². The summed E-state index contributed by atoms with van der Waals surface area (Å²) >= 11 is 0. The number of nitrogens with zero attached hydrogens (tertiary/aromatic N) is 1. The normalized spacial score (nSPS) is 34.2. The summed E-state index contributed by atoms with van der Waals surface area (Å²) in [5, 5.41) is 0. The van der Waals surface area contributed by atoms with E-state index < -0.39 is 0 Å². The molecule has 2 fully saturated rings. The van der Waals surface area contributed by atoms with Gasteiger partial charge in [0.25, 0.3) is 0 Å². The van der Waals surface area contributed by atoms with Crippen LogP contribution in [0.2, 0.25) is 0 Å². The predicted molar refractivity (Wildman–Crippen MR) is 77.2 cm³/mol. The molecule has 1 aromatic carbocycles. The van der Waals surface area contributed by atoms with Crippen LogP contribution in [0.4, 0.5) is 0 Å². The molecule has 3 rings (SSSR count). The summed E-state index contributed by atoms with van der Waals surface area (Å²) in [5.74, 6) is 0.651. The average molecular weight is 255 g/mol. The molecule has 2 nitrogen and oxygen atoms in total. The summed E-state index contributed by atoms with van der Waals surface area (Å²) in [6.45, 7) is 7.21. The van der Waals surface area contributed by atoms with E-state index >= 15 is 0 Å². The van der Waals surface area contributed by atoms with Crippen LogP contribution in [0.15, 0.2) is 35.3 Å². The Hall–Kier alpha value is -1.44. The summed E-state index contributed by atoms with van der Waals surface area (Å²) in [4.78, 5) is 17.3. The predicted octanol–water partition coefficient (Wildman–Crippen LogP) is 3.65. The average Bonchev–Trinajstić information content (AvgIpc) is 2.70. The van der Waals surface area contributed by atoms with Crippen molar-refractivity contribution in [1.82, 2.24) is 0 Å². The van der Waals surface area contributed by atoms with Crippen molar-refractivity contribution < 1.29 is 4.79 Å². The molecule has 0 spiro atoms. The first-order valence-corrected chi connectivity index (χ1v) is 7.10. The van der Waals surface area contributed by atoms with Crippen molar-refractivity contribution in [2.75, 3.05) is 0 Å². The number of benzene rings is 1. The minimum absolute atomic E-state index is 0.0691. The molecule has 2 aliphatic rings. The van der Waals surface area contributed by atoms with Crippen LogP contribution in [0.3, 0.4) is 0 Å². The number of hydrogen-bond donors (Lipinski definition) is 0. The Kier molecular flexibility index (Phi) is 2.67. The lowest BCUT2D eigenvalue weighted by Crippen LogP contribution is -2.33. The highest BCUT2D eigenvalue weighted by molar-refractivity contribution is 6.45. The molecule has 0 aliphatic heterocycles. The molecule has 2 atom stereocenters. The SMILES string of the molecule is CC1(C)[C@@H]2CC[C@]1(C)C(=O)C2=NCc1ccccc1. The molecule has 0 heterocycles. The number of rotatable bonds is 2. The van der Waals surface area contributed by atoms with E-state index in [9.17, 15) is 4.79 Å². The molecule has 0 unspecified atom stereocenters. The highest BCUT2D eigenvalue weighted by Crippen LogP contribution is 2.62. The minimum atomic E-state index is -0.187. The Morgan fingerprint density at radius 3 is 2.47 bits per heavy atom. The lowest BCUT2D eigenvalue weighted by atomic mass is 9.70. The lowest BCUT2D eigenvalue weighted by molar-refractivity contribution is -0.123. The summed E-state index contributed by atoms with van der Waals surface area (Å²) in [7, 11) is 0. The Morgan fingerprint density at radius 1 is 1.21 bits per heavy atom. The molecule has 2 bridgehead atoms. The van der Waals surface area contributed by atoms with E-state index in [4.69, 9.17) is 0 Å². The highest BCUT2D eigenvalue weighted by atomic mass is 16.1.